The fourth-order valence-electron chi connectivity index (χ4n) is 2.67. The Morgan fingerprint density at radius 1 is 0.765 bits per heavy atom. The lowest BCUT2D eigenvalue weighted by molar-refractivity contribution is -0.143. The second-order valence-corrected chi connectivity index (χ2v) is 9.27. The first kappa shape index (κ1) is 31.5. The van der Waals surface area contributed by atoms with Crippen molar-refractivity contribution in [3.8, 4) is 0 Å². The van der Waals surface area contributed by atoms with Gasteiger partial charge >= 0.3 is 11.9 Å². The number of thioether (sulfide) groups is 2. The minimum atomic E-state index is -1.45. The molecule has 9 N–H and O–H groups in total. The Morgan fingerprint density at radius 3 is 1.59 bits per heavy atom. The van der Waals surface area contributed by atoms with Crippen molar-refractivity contribution in [2.24, 2.45) is 11.5 Å². The van der Waals surface area contributed by atoms with Crippen molar-refractivity contribution < 1.29 is 39.0 Å². The number of carboxylic acids is 2. The molecule has 34 heavy (non-hydrogen) atoms. The zero-order valence-corrected chi connectivity index (χ0v) is 20.7. The standard InChI is InChI=1S/C19H33N5O8S2/c1-33-7-5-11(22-16(28)10(20)9-14(21)25)17(29)23-12(6-8-34-2)18(30)24-13(19(31)32)3-4-15(26)27/h10-13H,3-9,20H2,1-2H3,(H2,21,25)(H,22,28)(H,23,29)(H,24,30)(H,26,27)(H,31,32). The van der Waals surface area contributed by atoms with Crippen LogP contribution in [0.4, 0.5) is 0 Å². The molecule has 4 atom stereocenters. The van der Waals surface area contributed by atoms with E-state index >= 15 is 0 Å². The van der Waals surface area contributed by atoms with Gasteiger partial charge in [-0.15, -0.1) is 0 Å². The monoisotopic (exact) mass is 523 g/mol. The molecule has 0 fully saturated rings. The first-order valence-corrected chi connectivity index (χ1v) is 13.1. The van der Waals surface area contributed by atoms with Gasteiger partial charge in [0.15, 0.2) is 0 Å². The molecule has 0 heterocycles. The predicted molar refractivity (Wildman–Crippen MR) is 128 cm³/mol. The molecule has 15 heteroatoms. The lowest BCUT2D eigenvalue weighted by Gasteiger charge is -2.25. The molecule has 0 aromatic carbocycles. The smallest absolute Gasteiger partial charge is 0.326 e. The molecule has 0 aromatic rings. The van der Waals surface area contributed by atoms with Crippen LogP contribution in [0.5, 0.6) is 0 Å². The summed E-state index contributed by atoms with van der Waals surface area (Å²) in [6.45, 7) is 0. The Labute approximate surface area is 205 Å². The minimum Gasteiger partial charge on any atom is -0.481 e. The number of nitrogens with one attached hydrogen (secondary N) is 3. The van der Waals surface area contributed by atoms with Crippen LogP contribution in [0.25, 0.3) is 0 Å². The van der Waals surface area contributed by atoms with E-state index in [1.165, 1.54) is 23.5 Å². The highest BCUT2D eigenvalue weighted by molar-refractivity contribution is 7.98. The summed E-state index contributed by atoms with van der Waals surface area (Å²) in [4.78, 5) is 71.0. The second kappa shape index (κ2) is 17.0. The Kier molecular flexibility index (Phi) is 15.7. The molecule has 0 saturated heterocycles. The van der Waals surface area contributed by atoms with Crippen molar-refractivity contribution in [1.29, 1.82) is 0 Å². The summed E-state index contributed by atoms with van der Waals surface area (Å²) in [6.07, 6.45) is 2.74. The first-order valence-electron chi connectivity index (χ1n) is 10.3. The highest BCUT2D eigenvalue weighted by Gasteiger charge is 2.30. The minimum absolute atomic E-state index is 0.161. The van der Waals surface area contributed by atoms with Crippen LogP contribution < -0.4 is 27.4 Å². The third-order valence-corrected chi connectivity index (χ3v) is 5.79. The summed E-state index contributed by atoms with van der Waals surface area (Å²) in [6, 6.07) is -4.88. The van der Waals surface area contributed by atoms with Gasteiger partial charge in [-0.1, -0.05) is 0 Å². The topological polar surface area (TPSA) is 231 Å². The maximum absolute atomic E-state index is 12.9. The van der Waals surface area contributed by atoms with Gasteiger partial charge in [0.2, 0.25) is 23.6 Å². The molecule has 4 unspecified atom stereocenters. The number of nitrogens with two attached hydrogens (primary N) is 2. The number of amides is 4. The summed E-state index contributed by atoms with van der Waals surface area (Å²) in [5.41, 5.74) is 10.7. The maximum Gasteiger partial charge on any atom is 0.326 e. The van der Waals surface area contributed by atoms with Gasteiger partial charge in [0.05, 0.1) is 12.5 Å². The zero-order chi connectivity index (χ0) is 26.3. The van der Waals surface area contributed by atoms with E-state index in [1.54, 1.807) is 12.5 Å². The number of hydrogen-bond acceptors (Lipinski definition) is 9. The van der Waals surface area contributed by atoms with E-state index in [1.807, 2.05) is 0 Å². The van der Waals surface area contributed by atoms with Gasteiger partial charge in [-0.3, -0.25) is 24.0 Å². The van der Waals surface area contributed by atoms with Crippen molar-refractivity contribution in [1.82, 2.24) is 16.0 Å². The third kappa shape index (κ3) is 13.3. The van der Waals surface area contributed by atoms with Gasteiger partial charge in [0, 0.05) is 6.42 Å². The van der Waals surface area contributed by atoms with E-state index in [0.29, 0.717) is 11.5 Å². The molecule has 0 aliphatic heterocycles. The number of hydrogen-bond donors (Lipinski definition) is 7. The SMILES string of the molecule is CSCCC(NC(=O)C(N)CC(N)=O)C(=O)NC(CCSC)C(=O)NC(CCC(=O)O)C(=O)O. The molecular formula is C19H33N5O8S2. The Morgan fingerprint density at radius 2 is 1.21 bits per heavy atom. The molecule has 0 spiro atoms. The fraction of sp³-hybridized carbons (Fsp3) is 0.684. The molecule has 0 aliphatic rings. The van der Waals surface area contributed by atoms with Crippen LogP contribution in [0.15, 0.2) is 0 Å². The fourth-order valence-corrected chi connectivity index (χ4v) is 3.61. The largest absolute Gasteiger partial charge is 0.481 e. The number of carboxylic acid groups (broad SMARTS) is 2. The van der Waals surface area contributed by atoms with E-state index in [2.05, 4.69) is 16.0 Å². The lowest BCUT2D eigenvalue weighted by Crippen LogP contribution is -2.57. The number of rotatable bonds is 18. The molecule has 4 amide bonds. The molecule has 0 aromatic heterocycles. The molecular weight excluding hydrogens is 490 g/mol. The lowest BCUT2D eigenvalue weighted by atomic mass is 10.1. The van der Waals surface area contributed by atoms with E-state index in [-0.39, 0.29) is 19.3 Å². The Bertz CT molecular complexity index is 739. The molecule has 0 bridgehead atoms. The van der Waals surface area contributed by atoms with Gasteiger partial charge in [0.25, 0.3) is 0 Å². The maximum atomic E-state index is 12.9. The van der Waals surface area contributed by atoms with Crippen LogP contribution in [0.2, 0.25) is 0 Å². The summed E-state index contributed by atoms with van der Waals surface area (Å²) in [7, 11) is 0. The van der Waals surface area contributed by atoms with Crippen LogP contribution in [0, 0.1) is 0 Å². The van der Waals surface area contributed by atoms with Gasteiger partial charge in [0.1, 0.15) is 18.1 Å². The van der Waals surface area contributed by atoms with Crippen LogP contribution in [0.1, 0.15) is 32.1 Å². The van der Waals surface area contributed by atoms with Crippen molar-refractivity contribution in [3.63, 3.8) is 0 Å². The highest BCUT2D eigenvalue weighted by Crippen LogP contribution is 2.07. The quantitative estimate of drug-likeness (QED) is 0.105. The van der Waals surface area contributed by atoms with E-state index < -0.39 is 72.6 Å². The third-order valence-electron chi connectivity index (χ3n) is 4.51. The first-order chi connectivity index (χ1) is 15.9. The van der Waals surface area contributed by atoms with Crippen molar-refractivity contribution in [2.75, 3.05) is 24.0 Å². The number of carbonyl (C=O) groups excluding carboxylic acids is 4. The molecule has 0 radical (unpaired) electrons. The Hall–Kier alpha value is -2.52. The van der Waals surface area contributed by atoms with E-state index in [0.717, 1.165) is 0 Å². The van der Waals surface area contributed by atoms with Gasteiger partial charge in [-0.25, -0.2) is 4.79 Å². The summed E-state index contributed by atoms with van der Waals surface area (Å²) >= 11 is 2.82. The van der Waals surface area contributed by atoms with Crippen LogP contribution in [-0.2, 0) is 28.8 Å². The number of primary amides is 1. The molecule has 194 valence electrons. The van der Waals surface area contributed by atoms with Crippen LogP contribution in [0.3, 0.4) is 0 Å². The number of aliphatic carboxylic acids is 2. The normalized spacial score (nSPS) is 14.2. The van der Waals surface area contributed by atoms with Crippen molar-refractivity contribution >= 4 is 59.1 Å². The van der Waals surface area contributed by atoms with Gasteiger partial charge in [-0.2, -0.15) is 23.5 Å². The summed E-state index contributed by atoms with van der Waals surface area (Å²) < 4.78 is 0. The van der Waals surface area contributed by atoms with Crippen molar-refractivity contribution in [3.05, 3.63) is 0 Å². The zero-order valence-electron chi connectivity index (χ0n) is 19.1. The van der Waals surface area contributed by atoms with E-state index in [4.69, 9.17) is 16.6 Å². The van der Waals surface area contributed by atoms with Crippen molar-refractivity contribution in [2.45, 2.75) is 56.3 Å². The number of carbonyl (C=O) groups is 6. The molecule has 0 rings (SSSR count). The second-order valence-electron chi connectivity index (χ2n) is 7.29. The van der Waals surface area contributed by atoms with Crippen LogP contribution in [-0.4, -0.2) is 94.0 Å². The summed E-state index contributed by atoms with van der Waals surface area (Å²) in [5.74, 6) is -4.69. The van der Waals surface area contributed by atoms with Gasteiger partial charge in [-0.05, 0) is 43.3 Å². The average Bonchev–Trinajstić information content (AvgIpc) is 2.75. The highest BCUT2D eigenvalue weighted by atomic mass is 32.2. The molecule has 0 saturated carbocycles. The summed E-state index contributed by atoms with van der Waals surface area (Å²) in [5, 5.41) is 25.3. The molecule has 0 aliphatic carbocycles. The Balaban J connectivity index is 5.43. The van der Waals surface area contributed by atoms with Gasteiger partial charge < -0.3 is 37.6 Å². The predicted octanol–water partition coefficient (Wildman–Crippen LogP) is -1.90. The van der Waals surface area contributed by atoms with E-state index in [9.17, 15) is 33.9 Å². The van der Waals surface area contributed by atoms with Crippen LogP contribution >= 0.6 is 23.5 Å². The average molecular weight is 524 g/mol. The molecule has 13 nitrogen and oxygen atoms in total.